The molecule has 0 unspecified atom stereocenters. The maximum Gasteiger partial charge on any atom is 0.410 e. The molecule has 11 heteroatoms. The number of piperazine rings is 1. The highest BCUT2D eigenvalue weighted by atomic mass is 16.6. The summed E-state index contributed by atoms with van der Waals surface area (Å²) in [6.07, 6.45) is 3.27. The molecule has 212 valence electrons. The van der Waals surface area contributed by atoms with Crippen LogP contribution in [-0.2, 0) is 11.2 Å². The Kier molecular flexibility index (Phi) is 8.79. The number of primary amides is 1. The Balaban J connectivity index is 1.43. The third kappa shape index (κ3) is 7.50. The van der Waals surface area contributed by atoms with Crippen LogP contribution in [0, 0.1) is 0 Å². The Labute approximate surface area is 230 Å². The van der Waals surface area contributed by atoms with Crippen LogP contribution in [-0.4, -0.2) is 75.9 Å². The van der Waals surface area contributed by atoms with Gasteiger partial charge in [0.25, 0.3) is 5.91 Å². The number of ether oxygens (including phenoxy) is 1. The molecule has 1 aromatic carbocycles. The van der Waals surface area contributed by atoms with Crippen LogP contribution in [0.25, 0.3) is 0 Å². The fourth-order valence-electron chi connectivity index (χ4n) is 4.87. The number of carbonyl (C=O) groups excluding carboxylic acids is 2. The number of aliphatic hydroxyl groups excluding tert-OH is 1. The van der Waals surface area contributed by atoms with Crippen molar-refractivity contribution in [2.75, 3.05) is 41.7 Å². The Morgan fingerprint density at radius 2 is 1.67 bits per heavy atom. The van der Waals surface area contributed by atoms with Gasteiger partial charge < -0.3 is 36.0 Å². The molecule has 0 bridgehead atoms. The van der Waals surface area contributed by atoms with E-state index in [1.807, 2.05) is 52.0 Å². The normalized spacial score (nSPS) is 19.9. The van der Waals surface area contributed by atoms with Crippen molar-refractivity contribution in [2.45, 2.75) is 77.5 Å². The van der Waals surface area contributed by atoms with Crippen LogP contribution in [0.5, 0.6) is 0 Å². The van der Waals surface area contributed by atoms with Crippen molar-refractivity contribution in [2.24, 2.45) is 5.73 Å². The minimum absolute atomic E-state index is 0.0961. The molecular weight excluding hydrogens is 498 g/mol. The van der Waals surface area contributed by atoms with E-state index in [1.54, 1.807) is 4.90 Å². The summed E-state index contributed by atoms with van der Waals surface area (Å²) in [6.45, 7) is 10.2. The fraction of sp³-hybridized carbons (Fsp3) is 0.571. The smallest absolute Gasteiger partial charge is 0.410 e. The first-order valence-corrected chi connectivity index (χ1v) is 13.8. The molecule has 1 aliphatic carbocycles. The predicted octanol–water partition coefficient (Wildman–Crippen LogP) is 3.65. The van der Waals surface area contributed by atoms with Crippen molar-refractivity contribution in [3.63, 3.8) is 0 Å². The standard InChI is InChI=1S/C28H41N7O4/c1-5-22-25(30-19-8-12-21(36)13-9-19)33-26(23(32-22)24(29)37)31-18-6-10-20(11-7-18)34-14-16-35(17-15-34)27(38)39-28(2,3)4/h6-7,10-11,19,21,36H,5,8-9,12-17H2,1-4H3,(H2,29,37)(H2,30,31,33)/t19-,21-. The molecule has 2 aromatic rings. The molecule has 2 amide bonds. The van der Waals surface area contributed by atoms with Gasteiger partial charge in [0.15, 0.2) is 11.5 Å². The van der Waals surface area contributed by atoms with E-state index in [0.717, 1.165) is 37.1 Å². The summed E-state index contributed by atoms with van der Waals surface area (Å²) < 4.78 is 5.49. The fourth-order valence-corrected chi connectivity index (χ4v) is 4.87. The van der Waals surface area contributed by atoms with Gasteiger partial charge in [-0.15, -0.1) is 0 Å². The molecule has 1 aliphatic heterocycles. The number of hydrogen-bond donors (Lipinski definition) is 4. The number of aryl methyl sites for hydroxylation is 1. The molecule has 2 aliphatic rings. The maximum atomic E-state index is 12.4. The number of aromatic nitrogens is 2. The van der Waals surface area contributed by atoms with Crippen molar-refractivity contribution in [3.05, 3.63) is 35.7 Å². The molecule has 0 spiro atoms. The zero-order valence-electron chi connectivity index (χ0n) is 23.4. The Morgan fingerprint density at radius 3 is 2.23 bits per heavy atom. The quantitative estimate of drug-likeness (QED) is 0.414. The number of amides is 2. The van der Waals surface area contributed by atoms with Crippen LogP contribution in [0.1, 0.15) is 69.6 Å². The minimum Gasteiger partial charge on any atom is -0.444 e. The largest absolute Gasteiger partial charge is 0.444 e. The molecule has 4 rings (SSSR count). The lowest BCUT2D eigenvalue weighted by Gasteiger charge is -2.36. The van der Waals surface area contributed by atoms with Crippen molar-refractivity contribution in [3.8, 4) is 0 Å². The number of nitrogens with zero attached hydrogens (tertiary/aromatic N) is 4. The molecule has 5 N–H and O–H groups in total. The first-order chi connectivity index (χ1) is 18.5. The van der Waals surface area contributed by atoms with E-state index in [0.29, 0.717) is 49.9 Å². The number of rotatable bonds is 7. The van der Waals surface area contributed by atoms with Gasteiger partial charge in [0.2, 0.25) is 0 Å². The summed E-state index contributed by atoms with van der Waals surface area (Å²) >= 11 is 0. The van der Waals surface area contributed by atoms with E-state index in [9.17, 15) is 14.7 Å². The van der Waals surface area contributed by atoms with Gasteiger partial charge in [-0.1, -0.05) is 6.92 Å². The van der Waals surface area contributed by atoms with Crippen molar-refractivity contribution < 1.29 is 19.4 Å². The lowest BCUT2D eigenvalue weighted by molar-refractivity contribution is 0.0240. The van der Waals surface area contributed by atoms with Crippen LogP contribution >= 0.6 is 0 Å². The molecule has 1 aromatic heterocycles. The summed E-state index contributed by atoms with van der Waals surface area (Å²) in [6, 6.07) is 8.03. The third-order valence-corrected chi connectivity index (χ3v) is 7.00. The second kappa shape index (κ2) is 12.1. The predicted molar refractivity (Wildman–Crippen MR) is 152 cm³/mol. The summed E-state index contributed by atoms with van der Waals surface area (Å²) in [4.78, 5) is 37.8. The van der Waals surface area contributed by atoms with E-state index < -0.39 is 11.5 Å². The zero-order chi connectivity index (χ0) is 28.2. The van der Waals surface area contributed by atoms with Crippen molar-refractivity contribution in [1.82, 2.24) is 14.9 Å². The molecule has 39 heavy (non-hydrogen) atoms. The number of hydrogen-bond acceptors (Lipinski definition) is 9. The van der Waals surface area contributed by atoms with Crippen LogP contribution in [0.2, 0.25) is 0 Å². The number of nitrogens with one attached hydrogen (secondary N) is 2. The molecule has 1 saturated carbocycles. The van der Waals surface area contributed by atoms with Gasteiger partial charge in [-0.05, 0) is 77.1 Å². The first-order valence-electron chi connectivity index (χ1n) is 13.8. The maximum absolute atomic E-state index is 12.4. The summed E-state index contributed by atoms with van der Waals surface area (Å²) in [7, 11) is 0. The second-order valence-corrected chi connectivity index (χ2v) is 11.2. The van der Waals surface area contributed by atoms with Gasteiger partial charge in [0.1, 0.15) is 11.4 Å². The van der Waals surface area contributed by atoms with Crippen LogP contribution in [0.4, 0.5) is 27.8 Å². The average Bonchev–Trinajstić information content (AvgIpc) is 2.89. The Morgan fingerprint density at radius 1 is 1.03 bits per heavy atom. The average molecular weight is 540 g/mol. The van der Waals surface area contributed by atoms with E-state index in [1.165, 1.54) is 0 Å². The summed E-state index contributed by atoms with van der Waals surface area (Å²) in [5, 5.41) is 16.5. The second-order valence-electron chi connectivity index (χ2n) is 11.2. The molecule has 0 atom stereocenters. The number of benzene rings is 1. The minimum atomic E-state index is -0.647. The SMILES string of the molecule is CCc1nc(C(N)=O)c(Nc2ccc(N3CCN(C(=O)OC(C)(C)C)CC3)cc2)nc1N[C@H]1CC[C@H](O)CC1. The van der Waals surface area contributed by atoms with E-state index in [4.69, 9.17) is 15.5 Å². The molecule has 0 radical (unpaired) electrons. The number of aliphatic hydroxyl groups is 1. The monoisotopic (exact) mass is 539 g/mol. The Hall–Kier alpha value is -3.60. The lowest BCUT2D eigenvalue weighted by Crippen LogP contribution is -2.50. The van der Waals surface area contributed by atoms with E-state index in [-0.39, 0.29) is 23.9 Å². The van der Waals surface area contributed by atoms with Gasteiger partial charge >= 0.3 is 6.09 Å². The highest BCUT2D eigenvalue weighted by molar-refractivity contribution is 5.96. The first kappa shape index (κ1) is 28.4. The van der Waals surface area contributed by atoms with Gasteiger partial charge in [-0.2, -0.15) is 0 Å². The van der Waals surface area contributed by atoms with Gasteiger partial charge in [-0.25, -0.2) is 14.8 Å². The summed E-state index contributed by atoms with van der Waals surface area (Å²) in [5.74, 6) is 0.286. The highest BCUT2D eigenvalue weighted by Gasteiger charge is 2.26. The van der Waals surface area contributed by atoms with Gasteiger partial charge in [0, 0.05) is 43.6 Å². The van der Waals surface area contributed by atoms with Crippen LogP contribution in [0.15, 0.2) is 24.3 Å². The summed E-state index contributed by atoms with van der Waals surface area (Å²) in [5.41, 5.74) is 7.71. The third-order valence-electron chi connectivity index (χ3n) is 7.00. The Bertz CT molecular complexity index is 1150. The van der Waals surface area contributed by atoms with Crippen molar-refractivity contribution in [1.29, 1.82) is 0 Å². The van der Waals surface area contributed by atoms with E-state index in [2.05, 4.69) is 20.5 Å². The van der Waals surface area contributed by atoms with Crippen LogP contribution in [0.3, 0.4) is 0 Å². The number of nitrogens with two attached hydrogens (primary N) is 1. The molecule has 1 saturated heterocycles. The van der Waals surface area contributed by atoms with Crippen LogP contribution < -0.4 is 21.3 Å². The van der Waals surface area contributed by atoms with Gasteiger partial charge in [0.05, 0.1) is 11.8 Å². The van der Waals surface area contributed by atoms with Crippen molar-refractivity contribution >= 4 is 35.0 Å². The number of carbonyl (C=O) groups is 2. The highest BCUT2D eigenvalue weighted by Crippen LogP contribution is 2.27. The topological polar surface area (TPSA) is 146 Å². The zero-order valence-corrected chi connectivity index (χ0v) is 23.4. The lowest BCUT2D eigenvalue weighted by atomic mass is 9.93. The van der Waals surface area contributed by atoms with Gasteiger partial charge in [-0.3, -0.25) is 4.79 Å². The molecule has 2 fully saturated rings. The molecule has 11 nitrogen and oxygen atoms in total. The molecular formula is C28H41N7O4. The number of anilines is 4. The van der Waals surface area contributed by atoms with E-state index >= 15 is 0 Å². The molecule has 2 heterocycles.